The second kappa shape index (κ2) is 5.72. The number of halogens is 6. The summed E-state index contributed by atoms with van der Waals surface area (Å²) in [6, 6.07) is 1.78. The zero-order valence-electron chi connectivity index (χ0n) is 7.65. The van der Waals surface area contributed by atoms with E-state index < -0.39 is 30.2 Å². The van der Waals surface area contributed by atoms with Crippen LogP contribution in [0.3, 0.4) is 0 Å². The summed E-state index contributed by atoms with van der Waals surface area (Å²) >= 11 is 0. The van der Waals surface area contributed by atoms with Gasteiger partial charge in [-0.1, -0.05) is 17.6 Å². The van der Waals surface area contributed by atoms with Crippen LogP contribution >= 0.6 is 0 Å². The summed E-state index contributed by atoms with van der Waals surface area (Å²) in [5.41, 5.74) is -3.14. The average molecular weight is 252 g/mol. The zero-order chi connectivity index (χ0) is 10.9. The van der Waals surface area contributed by atoms with E-state index in [2.05, 4.69) is 0 Å². The average Bonchev–Trinajstić information content (AvgIpc) is 2.01. The van der Waals surface area contributed by atoms with Gasteiger partial charge < -0.3 is 12.9 Å². The standard InChI is InChI=1S/C7H4BF6.K/c9-5-3-1-2-4(8(12,13)14)6(5)7(10)11;/h1-3,7H;/q-1;+1. The fourth-order valence-electron chi connectivity index (χ4n) is 1.07. The molecule has 0 N–H and O–H groups in total. The van der Waals surface area contributed by atoms with Crippen molar-refractivity contribution in [1.82, 2.24) is 0 Å². The maximum atomic E-state index is 12.7. The van der Waals surface area contributed by atoms with Crippen molar-refractivity contribution in [2.75, 3.05) is 0 Å². The van der Waals surface area contributed by atoms with Gasteiger partial charge in [0, 0.05) is 5.56 Å². The van der Waals surface area contributed by atoms with Crippen LogP contribution in [-0.2, 0) is 0 Å². The smallest absolute Gasteiger partial charge is 0.445 e. The van der Waals surface area contributed by atoms with Crippen molar-refractivity contribution >= 4 is 12.4 Å². The minimum atomic E-state index is -5.61. The normalized spacial score (nSPS) is 11.4. The van der Waals surface area contributed by atoms with E-state index in [0.29, 0.717) is 12.1 Å². The molecule has 0 unspecified atom stereocenters. The molecule has 0 heterocycles. The van der Waals surface area contributed by atoms with Gasteiger partial charge in [0.2, 0.25) is 0 Å². The SMILES string of the molecule is Fc1cccc([B-](F)(F)F)c1C(F)F.[K+]. The molecule has 0 aliphatic heterocycles. The molecule has 1 aromatic carbocycles. The quantitative estimate of drug-likeness (QED) is 0.506. The van der Waals surface area contributed by atoms with Gasteiger partial charge >= 0.3 is 58.4 Å². The minimum absolute atomic E-state index is 0. The molecule has 0 fully saturated rings. The fourth-order valence-corrected chi connectivity index (χ4v) is 1.07. The van der Waals surface area contributed by atoms with Crippen LogP contribution in [0.4, 0.5) is 26.1 Å². The van der Waals surface area contributed by atoms with E-state index in [9.17, 15) is 26.1 Å². The van der Waals surface area contributed by atoms with Gasteiger partial charge in [-0.2, -0.15) is 0 Å². The Hall–Kier alpha value is 0.501. The summed E-state index contributed by atoms with van der Waals surface area (Å²) in [4.78, 5) is 0. The van der Waals surface area contributed by atoms with Gasteiger partial charge in [-0.25, -0.2) is 13.2 Å². The monoisotopic (exact) mass is 252 g/mol. The molecule has 1 rings (SSSR count). The van der Waals surface area contributed by atoms with Crippen LogP contribution in [0.2, 0.25) is 0 Å². The third-order valence-corrected chi connectivity index (χ3v) is 1.66. The molecule has 78 valence electrons. The van der Waals surface area contributed by atoms with Crippen LogP contribution in [0.25, 0.3) is 0 Å². The van der Waals surface area contributed by atoms with Crippen molar-refractivity contribution in [3.05, 3.63) is 29.6 Å². The first-order valence-corrected chi connectivity index (χ1v) is 3.60. The first kappa shape index (κ1) is 15.5. The van der Waals surface area contributed by atoms with E-state index in [-0.39, 0.29) is 51.4 Å². The van der Waals surface area contributed by atoms with Crippen molar-refractivity contribution in [1.29, 1.82) is 0 Å². The van der Waals surface area contributed by atoms with Crippen LogP contribution in [0.15, 0.2) is 18.2 Å². The van der Waals surface area contributed by atoms with E-state index in [1.807, 2.05) is 0 Å². The zero-order valence-corrected chi connectivity index (χ0v) is 10.8. The summed E-state index contributed by atoms with van der Waals surface area (Å²) in [6.07, 6.45) is -3.46. The summed E-state index contributed by atoms with van der Waals surface area (Å²) in [5, 5.41) is 0. The molecule has 0 amide bonds. The minimum Gasteiger partial charge on any atom is -0.445 e. The van der Waals surface area contributed by atoms with Crippen molar-refractivity contribution in [2.24, 2.45) is 0 Å². The summed E-state index contributed by atoms with van der Waals surface area (Å²) in [7, 11) is 0. The van der Waals surface area contributed by atoms with Crippen LogP contribution in [0.1, 0.15) is 12.0 Å². The Kier molecular flexibility index (Phi) is 5.91. The van der Waals surface area contributed by atoms with E-state index in [0.717, 1.165) is 6.07 Å². The number of rotatable bonds is 2. The molecule has 0 saturated carbocycles. The molecule has 1 aromatic rings. The van der Waals surface area contributed by atoms with Crippen molar-refractivity contribution in [3.8, 4) is 0 Å². The topological polar surface area (TPSA) is 0 Å². The molecule has 0 aliphatic carbocycles. The first-order chi connectivity index (χ1) is 6.34. The van der Waals surface area contributed by atoms with Crippen molar-refractivity contribution in [2.45, 2.75) is 6.43 Å². The molecule has 0 aromatic heterocycles. The van der Waals surface area contributed by atoms with E-state index in [4.69, 9.17) is 0 Å². The molecule has 0 atom stereocenters. The van der Waals surface area contributed by atoms with Gasteiger partial charge in [0.05, 0.1) is 0 Å². The van der Waals surface area contributed by atoms with Crippen LogP contribution in [0, 0.1) is 5.82 Å². The third-order valence-electron chi connectivity index (χ3n) is 1.66. The first-order valence-electron chi connectivity index (χ1n) is 3.60. The summed E-state index contributed by atoms with van der Waals surface area (Å²) in [6.45, 7) is -5.61. The molecular weight excluding hydrogens is 248 g/mol. The Morgan fingerprint density at radius 2 is 1.60 bits per heavy atom. The van der Waals surface area contributed by atoms with Gasteiger partial charge in [-0.3, -0.25) is 0 Å². The van der Waals surface area contributed by atoms with Gasteiger partial charge in [0.25, 0.3) is 6.43 Å². The maximum absolute atomic E-state index is 12.7. The molecule has 0 spiro atoms. The van der Waals surface area contributed by atoms with Crippen molar-refractivity contribution in [3.63, 3.8) is 0 Å². The van der Waals surface area contributed by atoms with Crippen LogP contribution in [-0.4, -0.2) is 6.98 Å². The Labute approximate surface area is 125 Å². The van der Waals surface area contributed by atoms with Gasteiger partial charge in [0.1, 0.15) is 5.82 Å². The van der Waals surface area contributed by atoms with E-state index >= 15 is 0 Å². The number of benzene rings is 1. The fraction of sp³-hybridized carbons (Fsp3) is 0.143. The Morgan fingerprint density at radius 1 is 1.07 bits per heavy atom. The molecule has 8 heteroatoms. The van der Waals surface area contributed by atoms with Gasteiger partial charge in [-0.05, 0) is 6.07 Å². The molecule has 0 aliphatic rings. The molecular formula is C7H4BF6K. The molecule has 0 nitrogen and oxygen atoms in total. The molecule has 0 radical (unpaired) electrons. The predicted octanol–water partition coefficient (Wildman–Crippen LogP) is -0.178. The third kappa shape index (κ3) is 3.78. The number of alkyl halides is 2. The Bertz CT molecular complexity index is 337. The van der Waals surface area contributed by atoms with Crippen LogP contribution < -0.4 is 56.8 Å². The van der Waals surface area contributed by atoms with E-state index in [1.54, 1.807) is 0 Å². The second-order valence-corrected chi connectivity index (χ2v) is 2.62. The molecule has 0 saturated heterocycles. The maximum Gasteiger partial charge on any atom is 1.00 e. The van der Waals surface area contributed by atoms with Crippen molar-refractivity contribution < 1.29 is 77.5 Å². The largest absolute Gasteiger partial charge is 1.00 e. The number of hydrogen-bond acceptors (Lipinski definition) is 0. The van der Waals surface area contributed by atoms with E-state index in [1.165, 1.54) is 0 Å². The predicted molar refractivity (Wildman–Crippen MR) is 40.1 cm³/mol. The van der Waals surface area contributed by atoms with Gasteiger partial charge in [0.15, 0.2) is 0 Å². The molecule has 15 heavy (non-hydrogen) atoms. The summed E-state index contributed by atoms with van der Waals surface area (Å²) in [5.74, 6) is -1.53. The molecule has 0 bridgehead atoms. The van der Waals surface area contributed by atoms with Gasteiger partial charge in [-0.15, -0.1) is 0 Å². The second-order valence-electron chi connectivity index (χ2n) is 2.62. The number of hydrogen-bond donors (Lipinski definition) is 0. The summed E-state index contributed by atoms with van der Waals surface area (Å²) < 4.78 is 73.3. The van der Waals surface area contributed by atoms with Crippen LogP contribution in [0.5, 0.6) is 0 Å². The Balaban J connectivity index is 0.00000196. The Morgan fingerprint density at radius 3 is 1.93 bits per heavy atom.